The first-order valence-corrected chi connectivity index (χ1v) is 50.4. The molecule has 14 heterocycles. The molecular weight excluding hydrogens is 1830 g/mol. The van der Waals surface area contributed by atoms with Crippen LogP contribution in [0.3, 0.4) is 0 Å². The third-order valence-corrected chi connectivity index (χ3v) is 29.3. The maximum Gasteiger partial charge on any atom is 0.184 e. The molecule has 0 radical (unpaired) electrons. The molecule has 0 spiro atoms. The first-order chi connectivity index (χ1) is 71.5. The van der Waals surface area contributed by atoms with E-state index in [0.717, 1.165) is 164 Å². The quantitative estimate of drug-likeness (QED) is 0.0439. The number of benzene rings is 10. The molecule has 742 valence electrons. The monoisotopic (exact) mass is 1950 g/mol. The summed E-state index contributed by atoms with van der Waals surface area (Å²) < 4.78 is 0. The lowest BCUT2D eigenvalue weighted by molar-refractivity contribution is 0.0992. The topological polar surface area (TPSA) is 273 Å². The van der Waals surface area contributed by atoms with Crippen LogP contribution in [0.5, 0.6) is 0 Å². The fraction of sp³-hybridized carbons (Fsp3) is 0.238. The summed E-state index contributed by atoms with van der Waals surface area (Å²) in [6.45, 7) is 12.1. The fourth-order valence-corrected chi connectivity index (χ4v) is 22.8. The van der Waals surface area contributed by atoms with Crippen LogP contribution in [0.1, 0.15) is 259 Å². The van der Waals surface area contributed by atoms with Gasteiger partial charge in [0.25, 0.3) is 0 Å². The number of carbonyl (C=O) groups excluding carboxylic acids is 4. The van der Waals surface area contributed by atoms with Crippen molar-refractivity contribution in [2.45, 2.75) is 134 Å². The minimum Gasteiger partial charge on any atom is -0.377 e. The second-order valence-corrected chi connectivity index (χ2v) is 39.3. The molecule has 0 saturated heterocycles. The van der Waals surface area contributed by atoms with Crippen molar-refractivity contribution in [1.82, 2.24) is 45.5 Å². The molecule has 0 fully saturated rings. The van der Waals surface area contributed by atoms with Gasteiger partial charge in [0, 0.05) is 172 Å². The molecule has 10 aromatic carbocycles. The summed E-state index contributed by atoms with van der Waals surface area (Å²) >= 11 is 0. The van der Waals surface area contributed by atoms with Crippen molar-refractivity contribution in [2.24, 2.45) is 25.1 Å². The van der Waals surface area contributed by atoms with Crippen LogP contribution in [0.15, 0.2) is 367 Å². The molecule has 10 aliphatic rings. The van der Waals surface area contributed by atoms with Gasteiger partial charge in [-0.05, 0) is 222 Å². The summed E-state index contributed by atoms with van der Waals surface area (Å²) in [4.78, 5) is 94.7. The Morgan fingerprint density at radius 3 is 1.10 bits per heavy atom. The van der Waals surface area contributed by atoms with Gasteiger partial charge in [0.2, 0.25) is 0 Å². The first kappa shape index (κ1) is 100. The Kier molecular flexibility index (Phi) is 30.3. The van der Waals surface area contributed by atoms with E-state index in [0.29, 0.717) is 5.92 Å². The summed E-state index contributed by atoms with van der Waals surface area (Å²) in [5.74, 6) is 0.916. The van der Waals surface area contributed by atoms with Crippen LogP contribution >= 0.6 is 0 Å². The second kappa shape index (κ2) is 44.7. The number of rotatable bonds is 19. The van der Waals surface area contributed by atoms with Crippen molar-refractivity contribution >= 4 is 80.1 Å². The van der Waals surface area contributed by atoms with Gasteiger partial charge in [-0.1, -0.05) is 236 Å². The molecule has 1 aliphatic carbocycles. The second-order valence-electron chi connectivity index (χ2n) is 39.3. The summed E-state index contributed by atoms with van der Waals surface area (Å²) in [5.41, 5.74) is 42.3. The van der Waals surface area contributed by atoms with Gasteiger partial charge in [-0.2, -0.15) is 5.10 Å². The van der Waals surface area contributed by atoms with E-state index < -0.39 is 0 Å². The van der Waals surface area contributed by atoms with Crippen molar-refractivity contribution in [3.8, 4) is 0 Å². The lowest BCUT2D eigenvalue weighted by Gasteiger charge is -2.38. The standard InChI is InChI=1S/C26H26N4.C25H24N4O.C25H23N3O.C24H22N4O.C24H21N3O.2CH4/c1-17-22-6-4-5-21-15-23(19-11-13-27-14-12-19)24(26(25(21)22)29-28-17)20-9-7-18(8-10-20)16-30(2)3;1-29(2)15-16-6-3-7-17(12-16)22-24(18-8-5-11-26-13-18)28-20-10-4-9-19-21(30)14-27-25(22)23(19)20;1-2-5-16-6-3-7-18(14-16)22-24(17-10-12-26-13-11-17)28-20-9-4-8-19-21(29)15-27-25(22)23(19)20;1-25-13-15-5-7-16(8-6-15)21-23(17-9-11-26-12-10-17)28-19-4-2-3-18-20(29)14-27-24(21)22(18)19;1-2-15-5-3-6-17(13-15)21-23(16-9-11-25-12-10-16)27-19-8-4-7-18-20(28)14-26-24(21)22(18)19;;/h4-14,23-24,28H,1,15-16H2,2-3H3;3-13,22,24,28H,14-15H2,1-2H3;3-4,6-14,22,24,28H,2,5,15H2,1H3;2-12,21,23,25,28H,13-14H2,1H3;3-13,21,23,27H,2,14H2,1H3;2*1H4. The van der Waals surface area contributed by atoms with E-state index in [1.165, 1.54) is 83.5 Å². The van der Waals surface area contributed by atoms with Crippen LogP contribution < -0.4 is 32.0 Å². The third kappa shape index (κ3) is 20.3. The number of nitrogens with zero attached hydrogens (tertiary/aromatic N) is 12. The highest BCUT2D eigenvalue weighted by atomic mass is 16.1. The Hall–Kier alpha value is -16.4. The molecule has 22 heteroatoms. The smallest absolute Gasteiger partial charge is 0.184 e. The summed E-state index contributed by atoms with van der Waals surface area (Å²) in [6, 6.07) is 94.8. The number of hydrazone groups is 1. The highest BCUT2D eigenvalue weighted by molar-refractivity contribution is 6.25. The molecule has 0 saturated carbocycles. The fourth-order valence-electron chi connectivity index (χ4n) is 22.8. The Labute approximate surface area is 866 Å². The Morgan fingerprint density at radius 2 is 0.689 bits per heavy atom. The van der Waals surface area contributed by atoms with E-state index >= 15 is 0 Å². The van der Waals surface area contributed by atoms with E-state index in [9.17, 15) is 19.2 Å². The minimum absolute atomic E-state index is 0. The number of hydrogen-bond donors (Lipinski definition) is 6. The minimum atomic E-state index is -0.0111. The zero-order chi connectivity index (χ0) is 100. The average Bonchev–Trinajstić information content (AvgIpc) is 0.754. The summed E-state index contributed by atoms with van der Waals surface area (Å²) in [6.07, 6.45) is 22.6. The molecule has 5 aromatic heterocycles. The number of Topliss-reactive ketones (excluding diaryl/α,β-unsaturated/α-hetero) is 4. The summed E-state index contributed by atoms with van der Waals surface area (Å²) in [7, 11) is 10.3. The van der Waals surface area contributed by atoms with Gasteiger partial charge >= 0.3 is 0 Å². The lowest BCUT2D eigenvalue weighted by Crippen LogP contribution is -2.36. The molecule has 22 nitrogen and oxygen atoms in total. The Morgan fingerprint density at radius 1 is 0.331 bits per heavy atom. The van der Waals surface area contributed by atoms with Crippen LogP contribution in [-0.2, 0) is 38.9 Å². The van der Waals surface area contributed by atoms with Gasteiger partial charge < -0.3 is 36.4 Å². The number of hydrogen-bond acceptors (Lipinski definition) is 22. The summed E-state index contributed by atoms with van der Waals surface area (Å²) in [5, 5.41) is 22.8. The van der Waals surface area contributed by atoms with Crippen LogP contribution in [0, 0.1) is 0 Å². The van der Waals surface area contributed by atoms with E-state index in [1.807, 2.05) is 154 Å². The Bertz CT molecular complexity index is 7620. The molecule has 0 amide bonds. The first-order valence-electron chi connectivity index (χ1n) is 50.4. The van der Waals surface area contributed by atoms with Gasteiger partial charge in [0.15, 0.2) is 23.1 Å². The number of anilines is 4. The predicted molar refractivity (Wildman–Crippen MR) is 597 cm³/mol. The third-order valence-electron chi connectivity index (χ3n) is 29.3. The molecule has 0 bridgehead atoms. The van der Waals surface area contributed by atoms with E-state index in [1.54, 1.807) is 6.20 Å². The number of carbonyl (C=O) groups is 4. The highest BCUT2D eigenvalue weighted by Gasteiger charge is 2.46. The average molecular weight is 1950 g/mol. The molecule has 15 aromatic rings. The zero-order valence-electron chi connectivity index (χ0n) is 83.0. The lowest BCUT2D eigenvalue weighted by atomic mass is 9.67. The van der Waals surface area contributed by atoms with Crippen molar-refractivity contribution in [3.05, 3.63) is 486 Å². The number of aromatic nitrogens is 5. The van der Waals surface area contributed by atoms with Crippen LogP contribution in [-0.4, -0.2) is 148 Å². The van der Waals surface area contributed by atoms with E-state index in [-0.39, 0.29) is 118 Å². The molecule has 6 N–H and O–H groups in total. The molecule has 10 atom stereocenters. The molecule has 10 unspecified atom stereocenters. The maximum atomic E-state index is 12.5. The van der Waals surface area contributed by atoms with Crippen LogP contribution in [0.2, 0.25) is 0 Å². The normalized spacial score (nSPS) is 19.7. The van der Waals surface area contributed by atoms with Gasteiger partial charge in [0.1, 0.15) is 26.2 Å². The number of aryl methyl sites for hydroxylation is 2. The predicted octanol–water partition coefficient (Wildman–Crippen LogP) is 23.2. The SMILES string of the molecule is C.C.C=C1NN=C2c3c(cccc31)CC(c1ccncc1)C2c1ccc(CN(C)C)cc1.CCCc1cccc(C2C3=NCC(=O)c4cccc(c43)NC2c2ccncc2)c1.CCc1cccc(C2C3=NCC(=O)c4cccc(c43)NC2c2ccncc2)c1.CN(C)Cc1cccc(C2C3=NCC(=O)c4cccc(c43)NC2c2cccnc2)c1.CNCc1ccc(C2C3=NCC(=O)c4cccc(c43)NC2c2ccncc2)cc1. The van der Waals surface area contributed by atoms with Gasteiger partial charge in [-0.15, -0.1) is 0 Å². The van der Waals surface area contributed by atoms with Crippen molar-refractivity contribution in [3.63, 3.8) is 0 Å². The molecule has 25 rings (SSSR count). The molecule has 9 aliphatic heterocycles. The van der Waals surface area contributed by atoms with Crippen molar-refractivity contribution in [2.75, 3.05) is 82.7 Å². The number of pyridine rings is 5. The van der Waals surface area contributed by atoms with Crippen molar-refractivity contribution in [1.29, 1.82) is 0 Å². The van der Waals surface area contributed by atoms with Crippen molar-refractivity contribution < 1.29 is 19.2 Å². The molecular formula is C126H124N18O4. The maximum absolute atomic E-state index is 12.5. The van der Waals surface area contributed by atoms with Crippen LogP contribution in [0.4, 0.5) is 22.7 Å². The largest absolute Gasteiger partial charge is 0.377 e. The van der Waals surface area contributed by atoms with E-state index in [4.69, 9.17) is 25.1 Å². The zero-order valence-corrected chi connectivity index (χ0v) is 83.0. The highest BCUT2D eigenvalue weighted by Crippen LogP contribution is 2.53. The van der Waals surface area contributed by atoms with Gasteiger partial charge in [-0.3, -0.25) is 69.5 Å². The van der Waals surface area contributed by atoms with Gasteiger partial charge in [0.05, 0.1) is 82.1 Å². The number of nitrogens with one attached hydrogen (secondary N) is 6. The molecule has 148 heavy (non-hydrogen) atoms. The Balaban J connectivity index is 0.000000116. The van der Waals surface area contributed by atoms with E-state index in [2.05, 4.69) is 297 Å². The number of ketones is 4. The number of aliphatic imine (C=N–C) groups is 4. The van der Waals surface area contributed by atoms with Crippen LogP contribution in [0.25, 0.3) is 5.70 Å². The van der Waals surface area contributed by atoms with Gasteiger partial charge in [-0.25, -0.2) is 0 Å².